The van der Waals surface area contributed by atoms with Crippen LogP contribution >= 0.6 is 0 Å². The van der Waals surface area contributed by atoms with Gasteiger partial charge in [0.15, 0.2) is 5.88 Å². The van der Waals surface area contributed by atoms with Gasteiger partial charge in [0.2, 0.25) is 0 Å². The Balaban J connectivity index is 2.12. The lowest BCUT2D eigenvalue weighted by Gasteiger charge is -2.23. The summed E-state index contributed by atoms with van der Waals surface area (Å²) in [5, 5.41) is 37.0. The minimum absolute atomic E-state index is 0.174. The fraction of sp³-hybridized carbons (Fsp3) is 0.227. The molecular formula is C22H21N4O8-. The smallest absolute Gasteiger partial charge is 0.318 e. The maximum atomic E-state index is 13.0. The van der Waals surface area contributed by atoms with Crippen molar-refractivity contribution in [3.63, 3.8) is 0 Å². The number of carbonyl (C=O) groups excluding carboxylic acids is 1. The molecule has 12 heteroatoms. The average Bonchev–Trinajstić information content (AvgIpc) is 2.80. The number of aromatic amines is 1. The van der Waals surface area contributed by atoms with Crippen LogP contribution in [0.25, 0.3) is 11.0 Å². The van der Waals surface area contributed by atoms with Crippen LogP contribution in [-0.4, -0.2) is 40.2 Å². The quantitative estimate of drug-likeness (QED) is 0.200. The van der Waals surface area contributed by atoms with Gasteiger partial charge in [0.25, 0.3) is 11.2 Å². The number of esters is 1. The molecule has 0 spiro atoms. The third-order valence-electron chi connectivity index (χ3n) is 5.19. The monoisotopic (exact) mass is 469 g/mol. The Morgan fingerprint density at radius 2 is 1.88 bits per heavy atom. The summed E-state index contributed by atoms with van der Waals surface area (Å²) >= 11 is 0. The maximum absolute atomic E-state index is 13.0. The Labute approximate surface area is 192 Å². The third kappa shape index (κ3) is 4.60. The molecule has 3 aromatic rings. The van der Waals surface area contributed by atoms with Crippen LogP contribution in [-0.2, 0) is 9.53 Å². The number of hydrogen-bond acceptors (Lipinski definition) is 10. The van der Waals surface area contributed by atoms with Gasteiger partial charge < -0.3 is 30.0 Å². The first-order valence-corrected chi connectivity index (χ1v) is 9.86. The van der Waals surface area contributed by atoms with E-state index >= 15 is 0 Å². The highest BCUT2D eigenvalue weighted by molar-refractivity contribution is 5.82. The van der Waals surface area contributed by atoms with Crippen molar-refractivity contribution in [2.45, 2.75) is 19.8 Å². The standard InChI is InChI=1S/C22H22N4O8/c1-10-7-14-15(8-11(10)2)25-20(28)18(23-14)17(22(30)34-4)19(27)21(29)24-13-6-5-12(33-3)9-16(13)26(31)32/h5-9,17,24,27,29H,1-4H3,(H,25,28)/p-1. The number of aliphatic hydroxyl groups is 1. The van der Waals surface area contributed by atoms with Crippen LogP contribution in [0.15, 0.2) is 46.8 Å². The van der Waals surface area contributed by atoms with Crippen LogP contribution in [0.1, 0.15) is 22.7 Å². The normalized spacial score (nSPS) is 12.6. The van der Waals surface area contributed by atoms with Crippen LogP contribution < -0.4 is 20.7 Å². The van der Waals surface area contributed by atoms with Gasteiger partial charge in [-0.25, -0.2) is 4.98 Å². The number of rotatable bonds is 7. The van der Waals surface area contributed by atoms with Crippen molar-refractivity contribution in [2.75, 3.05) is 19.5 Å². The topological polar surface area (TPSA) is 180 Å². The van der Waals surface area contributed by atoms with Gasteiger partial charge in [0.05, 0.1) is 36.2 Å². The van der Waals surface area contributed by atoms with Crippen molar-refractivity contribution in [2.24, 2.45) is 0 Å². The van der Waals surface area contributed by atoms with Crippen LogP contribution in [0.2, 0.25) is 0 Å². The predicted molar refractivity (Wildman–Crippen MR) is 120 cm³/mol. The predicted octanol–water partition coefficient (Wildman–Crippen LogP) is 1.91. The number of aliphatic hydroxyl groups excluding tert-OH is 1. The number of nitro benzene ring substituents is 1. The number of fused-ring (bicyclic) bond motifs is 1. The Kier molecular flexibility index (Phi) is 6.71. The van der Waals surface area contributed by atoms with E-state index in [2.05, 4.69) is 20.0 Å². The van der Waals surface area contributed by atoms with E-state index in [9.17, 15) is 29.9 Å². The second kappa shape index (κ2) is 9.48. The van der Waals surface area contributed by atoms with E-state index < -0.39 is 45.4 Å². The highest BCUT2D eigenvalue weighted by Crippen LogP contribution is 2.31. The van der Waals surface area contributed by atoms with Gasteiger partial charge >= 0.3 is 5.97 Å². The Bertz CT molecular complexity index is 1380. The molecule has 178 valence electrons. The molecule has 0 aliphatic rings. The number of carbonyl (C=O) groups is 1. The number of methoxy groups -OCH3 is 2. The van der Waals surface area contributed by atoms with E-state index in [-0.39, 0.29) is 11.4 Å². The zero-order chi connectivity index (χ0) is 25.2. The second-order valence-electron chi connectivity index (χ2n) is 7.34. The number of hydrogen-bond donors (Lipinski definition) is 3. The number of nitrogens with zero attached hydrogens (tertiary/aromatic N) is 2. The van der Waals surface area contributed by atoms with E-state index in [1.54, 1.807) is 12.1 Å². The average molecular weight is 469 g/mol. The minimum Gasteiger partial charge on any atom is -0.871 e. The van der Waals surface area contributed by atoms with E-state index in [1.807, 2.05) is 13.8 Å². The molecule has 0 saturated heterocycles. The first-order valence-electron chi connectivity index (χ1n) is 9.86. The fourth-order valence-electron chi connectivity index (χ4n) is 3.24. The summed E-state index contributed by atoms with van der Waals surface area (Å²) in [7, 11) is 2.32. The number of aryl methyl sites for hydroxylation is 2. The molecule has 0 bridgehead atoms. The van der Waals surface area contributed by atoms with Crippen molar-refractivity contribution in [3.8, 4) is 5.75 Å². The third-order valence-corrected chi connectivity index (χ3v) is 5.19. The van der Waals surface area contributed by atoms with Gasteiger partial charge in [-0.1, -0.05) is 0 Å². The van der Waals surface area contributed by atoms with Gasteiger partial charge in [-0.05, 0) is 55.0 Å². The molecule has 0 amide bonds. The van der Waals surface area contributed by atoms with E-state index in [1.165, 1.54) is 19.2 Å². The van der Waals surface area contributed by atoms with Gasteiger partial charge in [-0.2, -0.15) is 0 Å². The molecule has 1 heterocycles. The number of nitrogens with one attached hydrogen (secondary N) is 2. The molecule has 1 unspecified atom stereocenters. The van der Waals surface area contributed by atoms with E-state index in [0.717, 1.165) is 24.3 Å². The number of benzene rings is 2. The molecule has 0 aliphatic heterocycles. The molecule has 2 aromatic carbocycles. The van der Waals surface area contributed by atoms with Crippen LogP contribution in [0.5, 0.6) is 5.75 Å². The highest BCUT2D eigenvalue weighted by Gasteiger charge is 2.29. The Morgan fingerprint density at radius 1 is 1.21 bits per heavy atom. The number of nitro groups is 1. The summed E-state index contributed by atoms with van der Waals surface area (Å²) in [6.07, 6.45) is 0. The Hall–Kier alpha value is -4.61. The molecule has 3 N–H and O–H groups in total. The lowest BCUT2D eigenvalue weighted by Crippen LogP contribution is -2.32. The van der Waals surface area contributed by atoms with Gasteiger partial charge in [-0.3, -0.25) is 19.7 Å². The Morgan fingerprint density at radius 3 is 2.50 bits per heavy atom. The van der Waals surface area contributed by atoms with Crippen LogP contribution in [0.3, 0.4) is 0 Å². The number of aromatic nitrogens is 2. The minimum atomic E-state index is -1.93. The van der Waals surface area contributed by atoms with Crippen molar-refractivity contribution in [1.82, 2.24) is 9.97 Å². The number of H-pyrrole nitrogens is 1. The fourth-order valence-corrected chi connectivity index (χ4v) is 3.24. The lowest BCUT2D eigenvalue weighted by atomic mass is 10.0. The number of anilines is 1. The lowest BCUT2D eigenvalue weighted by molar-refractivity contribution is -0.384. The van der Waals surface area contributed by atoms with Crippen LogP contribution in [0, 0.1) is 24.0 Å². The van der Waals surface area contributed by atoms with Gasteiger partial charge in [0, 0.05) is 0 Å². The highest BCUT2D eigenvalue weighted by atomic mass is 16.6. The zero-order valence-corrected chi connectivity index (χ0v) is 18.7. The first kappa shape index (κ1) is 24.0. The molecule has 34 heavy (non-hydrogen) atoms. The van der Waals surface area contributed by atoms with E-state index in [0.29, 0.717) is 11.0 Å². The molecule has 12 nitrogen and oxygen atoms in total. The van der Waals surface area contributed by atoms with Crippen molar-refractivity contribution < 1.29 is 29.4 Å². The number of ether oxygens (including phenoxy) is 2. The molecule has 1 aromatic heterocycles. The zero-order valence-electron chi connectivity index (χ0n) is 18.7. The van der Waals surface area contributed by atoms with Crippen molar-refractivity contribution in [1.29, 1.82) is 0 Å². The molecule has 3 rings (SSSR count). The summed E-state index contributed by atoms with van der Waals surface area (Å²) in [4.78, 5) is 42.5. The summed E-state index contributed by atoms with van der Waals surface area (Å²) in [5.74, 6) is -5.29. The first-order chi connectivity index (χ1) is 16.1. The molecule has 0 fully saturated rings. The molecular weight excluding hydrogens is 448 g/mol. The largest absolute Gasteiger partial charge is 0.871 e. The summed E-state index contributed by atoms with van der Waals surface area (Å²) in [5.41, 5.74) is 0.405. The van der Waals surface area contributed by atoms with Gasteiger partial charge in [0.1, 0.15) is 23.0 Å². The molecule has 0 saturated carbocycles. The van der Waals surface area contributed by atoms with Crippen molar-refractivity contribution >= 4 is 28.4 Å². The maximum Gasteiger partial charge on any atom is 0.318 e. The molecule has 0 aliphatic carbocycles. The second-order valence-corrected chi connectivity index (χ2v) is 7.34. The van der Waals surface area contributed by atoms with Crippen molar-refractivity contribution in [3.05, 3.63) is 79.3 Å². The van der Waals surface area contributed by atoms with Gasteiger partial charge in [-0.15, -0.1) is 0 Å². The SMILES string of the molecule is COC(=O)C(C([O-])=C(O)Nc1ccc(OC)cc1[N+](=O)[O-])c1nc2cc(C)c(C)cc2[nH]c1=O. The summed E-state index contributed by atoms with van der Waals surface area (Å²) in [6, 6.07) is 7.03. The van der Waals surface area contributed by atoms with E-state index in [4.69, 9.17) is 4.74 Å². The summed E-state index contributed by atoms with van der Waals surface area (Å²) in [6.45, 7) is 3.67. The summed E-state index contributed by atoms with van der Waals surface area (Å²) < 4.78 is 9.60. The molecule has 0 radical (unpaired) electrons. The van der Waals surface area contributed by atoms with Crippen LogP contribution in [0.4, 0.5) is 11.4 Å². The molecule has 1 atom stereocenters.